The smallest absolute Gasteiger partial charge is 0.372 e. The van der Waals surface area contributed by atoms with Crippen LogP contribution in [0.1, 0.15) is 64.7 Å². The molecule has 0 saturated heterocycles. The van der Waals surface area contributed by atoms with E-state index in [1.807, 2.05) is 0 Å². The van der Waals surface area contributed by atoms with E-state index in [2.05, 4.69) is 11.7 Å². The molecule has 1 nitrogen and oxygen atoms in total. The van der Waals surface area contributed by atoms with Gasteiger partial charge < -0.3 is 4.74 Å². The zero-order chi connectivity index (χ0) is 15.8. The molecule has 1 aliphatic carbocycles. The lowest BCUT2D eigenvalue weighted by Gasteiger charge is -2.39. The van der Waals surface area contributed by atoms with Crippen molar-refractivity contribution in [2.75, 3.05) is 19.1 Å². The Bertz CT molecular complexity index is 273. The van der Waals surface area contributed by atoms with Crippen molar-refractivity contribution in [1.29, 1.82) is 0 Å². The Morgan fingerprint density at radius 1 is 1.19 bits per heavy atom. The van der Waals surface area contributed by atoms with Crippen LogP contribution in [0.4, 0.5) is 13.2 Å². The molecule has 5 heteroatoms. The van der Waals surface area contributed by atoms with E-state index >= 15 is 0 Å². The zero-order valence-electron chi connectivity index (χ0n) is 13.0. The Labute approximate surface area is 131 Å². The monoisotopic (exact) mass is 328 g/mol. The normalized spacial score (nSPS) is 27.0. The van der Waals surface area contributed by atoms with E-state index in [-0.39, 0.29) is 12.0 Å². The first-order chi connectivity index (χ1) is 9.91. The van der Waals surface area contributed by atoms with E-state index in [1.165, 1.54) is 32.1 Å². The van der Waals surface area contributed by atoms with E-state index in [0.717, 1.165) is 25.2 Å². The van der Waals surface area contributed by atoms with Crippen LogP contribution in [0.15, 0.2) is 0 Å². The summed E-state index contributed by atoms with van der Waals surface area (Å²) >= 11 is 6.15. The molecule has 0 aromatic rings. The molecule has 0 atom stereocenters. The molecule has 1 saturated carbocycles. The van der Waals surface area contributed by atoms with Crippen LogP contribution >= 0.6 is 11.6 Å². The Kier molecular flexibility index (Phi) is 8.40. The first-order valence-electron chi connectivity index (χ1n) is 8.11. The highest BCUT2D eigenvalue weighted by Gasteiger charge is 2.34. The number of alkyl halides is 4. The zero-order valence-corrected chi connectivity index (χ0v) is 13.7. The predicted octanol–water partition coefficient (Wildman–Crippen LogP) is 5.95. The maximum absolute atomic E-state index is 12.0. The number of unbranched alkanes of at least 4 members (excludes halogenated alkanes) is 1. The fourth-order valence-electron chi connectivity index (χ4n) is 3.26. The Hall–Kier alpha value is 0.0400. The molecule has 126 valence electrons. The third-order valence-electron chi connectivity index (χ3n) is 4.68. The maximum atomic E-state index is 12.0. The molecule has 1 rings (SSSR count). The van der Waals surface area contributed by atoms with Gasteiger partial charge in [-0.05, 0) is 49.9 Å². The van der Waals surface area contributed by atoms with E-state index in [0.29, 0.717) is 12.3 Å². The third-order valence-corrected chi connectivity index (χ3v) is 5.24. The molecule has 0 unspecified atom stereocenters. The minimum absolute atomic E-state index is 0.131. The van der Waals surface area contributed by atoms with Gasteiger partial charge in [-0.15, -0.1) is 11.6 Å². The van der Waals surface area contributed by atoms with Crippen LogP contribution in [0.3, 0.4) is 0 Å². The summed E-state index contributed by atoms with van der Waals surface area (Å²) in [6.07, 6.45) is 5.85. The van der Waals surface area contributed by atoms with E-state index in [1.54, 1.807) is 0 Å². The third kappa shape index (κ3) is 7.73. The summed E-state index contributed by atoms with van der Waals surface area (Å²) in [6.45, 7) is 1.25. The number of hydrogen-bond acceptors (Lipinski definition) is 1. The van der Waals surface area contributed by atoms with Gasteiger partial charge in [-0.3, -0.25) is 0 Å². The summed E-state index contributed by atoms with van der Waals surface area (Å²) in [4.78, 5) is 0. The maximum Gasteiger partial charge on any atom is 0.411 e. The average Bonchev–Trinajstić information content (AvgIpc) is 2.45. The molecule has 0 bridgehead atoms. The van der Waals surface area contributed by atoms with Gasteiger partial charge in [0.25, 0.3) is 0 Å². The van der Waals surface area contributed by atoms with Crippen molar-refractivity contribution in [2.24, 2.45) is 11.3 Å². The van der Waals surface area contributed by atoms with Crippen molar-refractivity contribution in [3.63, 3.8) is 0 Å². The highest BCUT2D eigenvalue weighted by molar-refractivity contribution is 6.18. The molecule has 0 radical (unpaired) electrons. The van der Waals surface area contributed by atoms with Crippen LogP contribution in [0, 0.1) is 11.3 Å². The summed E-state index contributed by atoms with van der Waals surface area (Å²) < 4.78 is 40.6. The molecular formula is C16H28ClF3O. The fourth-order valence-corrected chi connectivity index (χ4v) is 3.66. The van der Waals surface area contributed by atoms with Crippen LogP contribution < -0.4 is 0 Å². The lowest BCUT2D eigenvalue weighted by Crippen LogP contribution is -2.30. The number of hydrogen-bond donors (Lipinski definition) is 0. The molecule has 0 heterocycles. The van der Waals surface area contributed by atoms with Gasteiger partial charge in [-0.25, -0.2) is 0 Å². The molecule has 0 spiro atoms. The summed E-state index contributed by atoms with van der Waals surface area (Å²) in [5, 5.41) is 0. The summed E-state index contributed by atoms with van der Waals surface area (Å²) in [7, 11) is 0. The van der Waals surface area contributed by atoms with Crippen molar-refractivity contribution >= 4 is 11.6 Å². The Morgan fingerprint density at radius 2 is 1.86 bits per heavy atom. The van der Waals surface area contributed by atoms with Crippen LogP contribution in [0.2, 0.25) is 0 Å². The summed E-state index contributed by atoms with van der Waals surface area (Å²) in [6, 6.07) is 0. The van der Waals surface area contributed by atoms with Crippen molar-refractivity contribution in [3.05, 3.63) is 0 Å². The van der Waals surface area contributed by atoms with Gasteiger partial charge in [0.2, 0.25) is 0 Å². The van der Waals surface area contributed by atoms with Crippen LogP contribution in [0.5, 0.6) is 0 Å². The van der Waals surface area contributed by atoms with Crippen molar-refractivity contribution in [3.8, 4) is 0 Å². The van der Waals surface area contributed by atoms with Gasteiger partial charge in [0.05, 0.1) is 0 Å². The minimum Gasteiger partial charge on any atom is -0.372 e. The molecule has 0 N–H and O–H groups in total. The summed E-state index contributed by atoms with van der Waals surface area (Å²) in [5.74, 6) is 1.44. The lowest BCUT2D eigenvalue weighted by atomic mass is 9.68. The van der Waals surface area contributed by atoms with E-state index < -0.39 is 12.8 Å². The fraction of sp³-hybridized carbons (Fsp3) is 1.00. The average molecular weight is 329 g/mol. The molecule has 21 heavy (non-hydrogen) atoms. The topological polar surface area (TPSA) is 9.23 Å². The predicted molar refractivity (Wildman–Crippen MR) is 80.7 cm³/mol. The number of ether oxygens (including phenoxy) is 1. The highest BCUT2D eigenvalue weighted by atomic mass is 35.5. The highest BCUT2D eigenvalue weighted by Crippen LogP contribution is 2.44. The molecule has 0 aromatic heterocycles. The first kappa shape index (κ1) is 19.1. The van der Waals surface area contributed by atoms with Gasteiger partial charge in [0, 0.05) is 12.5 Å². The van der Waals surface area contributed by atoms with Gasteiger partial charge in [-0.1, -0.05) is 26.2 Å². The standard InChI is InChI=1S/C16H28ClF3O/c1-2-3-5-14-6-9-15(12-17,10-7-14)8-4-11-21-13-16(18,19)20/h14H,2-13H2,1H3. The number of halogens is 4. The quantitative estimate of drug-likeness (QED) is 0.375. The Morgan fingerprint density at radius 3 is 2.38 bits per heavy atom. The molecule has 0 amide bonds. The molecule has 0 aliphatic heterocycles. The van der Waals surface area contributed by atoms with Crippen LogP contribution in [0.25, 0.3) is 0 Å². The largest absolute Gasteiger partial charge is 0.411 e. The Balaban J connectivity index is 2.22. The first-order valence-corrected chi connectivity index (χ1v) is 8.65. The number of rotatable bonds is 9. The SMILES string of the molecule is CCCCC1CCC(CCl)(CCCOCC(F)(F)F)CC1. The molecule has 1 aliphatic rings. The van der Waals surface area contributed by atoms with E-state index in [4.69, 9.17) is 11.6 Å². The second-order valence-corrected chi connectivity index (χ2v) is 6.76. The second-order valence-electron chi connectivity index (χ2n) is 6.49. The summed E-state index contributed by atoms with van der Waals surface area (Å²) in [5.41, 5.74) is 0.131. The van der Waals surface area contributed by atoms with E-state index in [9.17, 15) is 13.2 Å². The van der Waals surface area contributed by atoms with Crippen molar-refractivity contribution in [2.45, 2.75) is 70.9 Å². The molecule has 0 aromatic carbocycles. The van der Waals surface area contributed by atoms with Gasteiger partial charge >= 0.3 is 6.18 Å². The van der Waals surface area contributed by atoms with Crippen molar-refractivity contribution < 1.29 is 17.9 Å². The lowest BCUT2D eigenvalue weighted by molar-refractivity contribution is -0.174. The minimum atomic E-state index is -4.22. The van der Waals surface area contributed by atoms with Crippen molar-refractivity contribution in [1.82, 2.24) is 0 Å². The van der Waals surface area contributed by atoms with Gasteiger partial charge in [0.1, 0.15) is 6.61 Å². The second kappa shape index (κ2) is 9.24. The van der Waals surface area contributed by atoms with Crippen LogP contribution in [-0.4, -0.2) is 25.3 Å². The van der Waals surface area contributed by atoms with Crippen LogP contribution in [-0.2, 0) is 4.74 Å². The molecule has 1 fully saturated rings. The van der Waals surface area contributed by atoms with Gasteiger partial charge in [0.15, 0.2) is 0 Å². The van der Waals surface area contributed by atoms with Gasteiger partial charge in [-0.2, -0.15) is 13.2 Å². The molecular weight excluding hydrogens is 301 g/mol.